The van der Waals surface area contributed by atoms with Crippen LogP contribution >= 0.6 is 12.2 Å². The van der Waals surface area contributed by atoms with Crippen LogP contribution in [0.25, 0.3) is 44.5 Å². The van der Waals surface area contributed by atoms with Gasteiger partial charge in [0.05, 0.1) is 63.7 Å². The number of nitrogens with one attached hydrogen (secondary N) is 8. The lowest BCUT2D eigenvalue weighted by Gasteiger charge is -2.37. The number of esters is 2. The van der Waals surface area contributed by atoms with Crippen LogP contribution in [0.15, 0.2) is 156 Å². The molecule has 4 atom stereocenters. The third kappa shape index (κ3) is 12.0. The number of urea groups is 1. The number of H-pyrrole nitrogens is 2. The molecule has 3 amide bonds. The van der Waals surface area contributed by atoms with Crippen LogP contribution in [0.4, 0.5) is 22.1 Å². The van der Waals surface area contributed by atoms with E-state index in [0.717, 1.165) is 16.5 Å². The maximum Gasteiger partial charge on any atom is 0.355 e. The quantitative estimate of drug-likeness (QED) is 0.0276. The first-order valence-electron chi connectivity index (χ1n) is 27.3. The van der Waals surface area contributed by atoms with Crippen LogP contribution in [0, 0.1) is 5.92 Å². The van der Waals surface area contributed by atoms with E-state index < -0.39 is 81.5 Å². The minimum Gasteiger partial charge on any atom is -0.481 e. The summed E-state index contributed by atoms with van der Waals surface area (Å²) in [4.78, 5) is 102. The lowest BCUT2D eigenvalue weighted by molar-refractivity contribution is -0.191. The zero-order valence-corrected chi connectivity index (χ0v) is 48.0. The highest BCUT2D eigenvalue weighted by atomic mass is 32.2. The number of thiocarbonyl (C=S) groups is 1. The van der Waals surface area contributed by atoms with E-state index in [9.17, 15) is 42.3 Å². The standard InChI is InChI=1S/C61H56N12O11S2/c1-4-61(44-27-50-53-38(23-36-11-5-6-16-45(36)66-53)30-73(50)55(77)43(44)31-83-57(61)79)84-56(78)52(33(2)3)70-54(76)49(26-41-29-62-32-63-41)69-60(85)65-40-15-10-13-37(25-40)48(28-51(74)75)72-86(81,82)42-21-19-34(20-22-42)35-12-9-14-39(24-35)64-59(80)71-58-67-46-17-7-8-18-47(46)68-58/h5-25,27,29,32-33,48-49,52,72H,4,26,28,30-31H2,1-3H3,(H,62,63)(H,70,76)(H,74,75)(H2,65,69,85)(H3,64,67,68,71,80)/t48?,49-,52-,61-/m0/s1. The van der Waals surface area contributed by atoms with Crippen molar-refractivity contribution in [1.82, 2.24) is 44.8 Å². The van der Waals surface area contributed by atoms with E-state index >= 15 is 0 Å². The van der Waals surface area contributed by atoms with Crippen molar-refractivity contribution in [1.29, 1.82) is 0 Å². The molecule has 11 rings (SSSR count). The van der Waals surface area contributed by atoms with Gasteiger partial charge in [-0.15, -0.1) is 0 Å². The number of ether oxygens (including phenoxy) is 2. The first kappa shape index (κ1) is 57.7. The number of anilines is 3. The summed E-state index contributed by atoms with van der Waals surface area (Å²) in [6, 6.07) is 33.3. The number of cyclic esters (lactones) is 1. The number of imidazole rings is 2. The molecule has 86 heavy (non-hydrogen) atoms. The number of fused-ring (bicyclic) bond motifs is 6. The molecule has 2 aliphatic rings. The van der Waals surface area contributed by atoms with Gasteiger partial charge in [-0.25, -0.2) is 42.5 Å². The molecular weight excluding hydrogens is 1140 g/mol. The average molecular weight is 1200 g/mol. The van der Waals surface area contributed by atoms with Gasteiger partial charge in [-0.1, -0.05) is 87.5 Å². The number of carboxylic acids is 1. The van der Waals surface area contributed by atoms with Crippen LogP contribution in [-0.4, -0.2) is 90.1 Å². The number of pyridine rings is 2. The summed E-state index contributed by atoms with van der Waals surface area (Å²) in [5, 5.41) is 25.1. The summed E-state index contributed by atoms with van der Waals surface area (Å²) in [7, 11) is -4.34. The van der Waals surface area contributed by atoms with Crippen LogP contribution in [0.5, 0.6) is 0 Å². The van der Waals surface area contributed by atoms with Gasteiger partial charge in [0.2, 0.25) is 27.5 Å². The zero-order valence-electron chi connectivity index (χ0n) is 46.3. The Kier molecular flexibility index (Phi) is 16.0. The third-order valence-corrected chi connectivity index (χ3v) is 16.6. The van der Waals surface area contributed by atoms with E-state index in [2.05, 4.69) is 51.2 Å². The van der Waals surface area contributed by atoms with Crippen molar-refractivity contribution < 1.29 is 47.0 Å². The summed E-state index contributed by atoms with van der Waals surface area (Å²) in [6.45, 7) is 4.91. The van der Waals surface area contributed by atoms with E-state index in [4.69, 9.17) is 26.7 Å². The summed E-state index contributed by atoms with van der Waals surface area (Å²) >= 11 is 5.73. The number of aliphatic carboxylic acids is 1. The fourth-order valence-electron chi connectivity index (χ4n) is 10.6. The highest BCUT2D eigenvalue weighted by Crippen LogP contribution is 2.41. The molecule has 23 nitrogen and oxygen atoms in total. The predicted octanol–water partition coefficient (Wildman–Crippen LogP) is 7.77. The van der Waals surface area contributed by atoms with Crippen molar-refractivity contribution in [3.63, 3.8) is 0 Å². The highest BCUT2D eigenvalue weighted by molar-refractivity contribution is 7.89. The largest absolute Gasteiger partial charge is 0.481 e. The molecular formula is C61H56N12O11S2. The fourth-order valence-corrected chi connectivity index (χ4v) is 12.1. The molecule has 0 radical (unpaired) electrons. The fraction of sp³-hybridized carbons (Fsp3) is 0.213. The minimum atomic E-state index is -4.34. The Balaban J connectivity index is 0.762. The van der Waals surface area contributed by atoms with Crippen molar-refractivity contribution in [2.45, 2.75) is 81.8 Å². The molecule has 9 aromatic rings. The third-order valence-electron chi connectivity index (χ3n) is 14.9. The van der Waals surface area contributed by atoms with Crippen LogP contribution in [0.2, 0.25) is 0 Å². The Morgan fingerprint density at radius 1 is 0.837 bits per heavy atom. The maximum absolute atomic E-state index is 14.5. The number of carbonyl (C=O) groups is 5. The van der Waals surface area contributed by atoms with Gasteiger partial charge in [-0.2, -0.15) is 0 Å². The van der Waals surface area contributed by atoms with Gasteiger partial charge in [-0.05, 0) is 108 Å². The lowest BCUT2D eigenvalue weighted by atomic mass is 9.85. The lowest BCUT2D eigenvalue weighted by Crippen LogP contribution is -2.56. The second-order valence-electron chi connectivity index (χ2n) is 21.0. The molecule has 438 valence electrons. The molecule has 0 saturated carbocycles. The van der Waals surface area contributed by atoms with E-state index in [0.29, 0.717) is 50.6 Å². The number of benzene rings is 5. The van der Waals surface area contributed by atoms with Crippen molar-refractivity contribution >= 4 is 96.5 Å². The molecule has 1 unspecified atom stereocenters. The first-order chi connectivity index (χ1) is 41.3. The molecule has 0 spiro atoms. The minimum absolute atomic E-state index is 0.0248. The Labute approximate surface area is 496 Å². The molecule has 0 aliphatic carbocycles. The van der Waals surface area contributed by atoms with Gasteiger partial charge in [-0.3, -0.25) is 19.7 Å². The van der Waals surface area contributed by atoms with Gasteiger partial charge in [0.1, 0.15) is 18.7 Å². The van der Waals surface area contributed by atoms with Gasteiger partial charge in [0.15, 0.2) is 5.11 Å². The van der Waals surface area contributed by atoms with Crippen molar-refractivity contribution in [3.8, 4) is 22.5 Å². The highest BCUT2D eigenvalue weighted by Gasteiger charge is 2.51. The van der Waals surface area contributed by atoms with E-state index in [1.807, 2.05) is 54.6 Å². The number of nitrogens with zero attached hydrogens (tertiary/aromatic N) is 4. The Bertz CT molecular complexity index is 4310. The topological polar surface area (TPSA) is 323 Å². The van der Waals surface area contributed by atoms with Crippen molar-refractivity contribution in [3.05, 3.63) is 184 Å². The number of carbonyl (C=O) groups excluding carboxylic acids is 4. The van der Waals surface area contributed by atoms with E-state index in [1.165, 1.54) is 30.7 Å². The molecule has 5 aromatic carbocycles. The number of amides is 3. The predicted molar refractivity (Wildman–Crippen MR) is 323 cm³/mol. The zero-order chi connectivity index (χ0) is 60.4. The van der Waals surface area contributed by atoms with Crippen molar-refractivity contribution in [2.24, 2.45) is 5.92 Å². The molecule has 2 aliphatic heterocycles. The van der Waals surface area contributed by atoms with Gasteiger partial charge in [0, 0.05) is 46.2 Å². The van der Waals surface area contributed by atoms with E-state index in [1.54, 1.807) is 86.0 Å². The van der Waals surface area contributed by atoms with Gasteiger partial charge >= 0.3 is 23.9 Å². The first-order valence-corrected chi connectivity index (χ1v) is 29.2. The molecule has 9 N–H and O–H groups in total. The SMILES string of the molecule is CC[C@@]1(OC(=O)[C@@H](NC(=O)[C@H](Cc2cnc[nH]2)NC(=S)Nc2cccc(C(CC(=O)O)NS(=O)(=O)c3ccc(-c4cccc(NC(=O)Nc5nc6ccccc6[nH]5)c4)cc3)c2)C(C)C)C(=O)OCc2c1cc1n(c2=O)Cc2cc3ccccc3nc2-1. The summed E-state index contributed by atoms with van der Waals surface area (Å²) < 4.78 is 43.8. The number of aromatic amines is 2. The van der Waals surface area contributed by atoms with Crippen molar-refractivity contribution in [2.75, 3.05) is 16.0 Å². The normalized spacial score (nSPS) is 15.3. The summed E-state index contributed by atoms with van der Waals surface area (Å²) in [5.74, 6) is -4.17. The monoisotopic (exact) mass is 1200 g/mol. The number of hydrogen-bond donors (Lipinski definition) is 9. The molecule has 25 heteroatoms. The Morgan fingerprint density at radius 2 is 1.58 bits per heavy atom. The van der Waals surface area contributed by atoms with Crippen LogP contribution < -0.4 is 36.9 Å². The molecule has 0 fully saturated rings. The molecule has 0 bridgehead atoms. The van der Waals surface area contributed by atoms with Crippen LogP contribution in [0.1, 0.15) is 67.6 Å². The smallest absolute Gasteiger partial charge is 0.355 e. The van der Waals surface area contributed by atoms with Crippen LogP contribution in [0.3, 0.4) is 0 Å². The molecule has 4 aromatic heterocycles. The second kappa shape index (κ2) is 23.9. The number of hydrogen-bond acceptors (Lipinski definition) is 14. The van der Waals surface area contributed by atoms with E-state index in [-0.39, 0.29) is 58.6 Å². The summed E-state index contributed by atoms with van der Waals surface area (Å²) in [5.41, 5.74) is 4.68. The maximum atomic E-state index is 14.5. The number of aromatic nitrogens is 6. The van der Waals surface area contributed by atoms with Gasteiger partial charge in [0.25, 0.3) is 5.56 Å². The Morgan fingerprint density at radius 3 is 2.31 bits per heavy atom. The van der Waals surface area contributed by atoms with Crippen LogP contribution in [-0.2, 0) is 63.8 Å². The Hall–Kier alpha value is -10.1. The van der Waals surface area contributed by atoms with Gasteiger partial charge < -0.3 is 50.4 Å². The average Bonchev–Trinajstić information content (AvgIpc) is 1.47. The molecule has 6 heterocycles. The molecule has 0 saturated heterocycles. The number of para-hydroxylation sites is 3. The number of carboxylic acid groups (broad SMARTS) is 1. The number of rotatable bonds is 19. The number of sulfonamides is 1. The summed E-state index contributed by atoms with van der Waals surface area (Å²) in [6.07, 6.45) is 2.15. The second-order valence-corrected chi connectivity index (χ2v) is 23.1.